The molecule has 3 heteroatoms. The van der Waals surface area contributed by atoms with Gasteiger partial charge >= 0.3 is 5.97 Å². The molecule has 0 spiro atoms. The summed E-state index contributed by atoms with van der Waals surface area (Å²) in [6.45, 7) is 4.92. The van der Waals surface area contributed by atoms with Crippen LogP contribution in [-0.4, -0.2) is 17.2 Å². The monoisotopic (exact) mass is 144 g/mol. The molecule has 0 heterocycles. The predicted molar refractivity (Wildman–Crippen MR) is 37.6 cm³/mol. The van der Waals surface area contributed by atoms with E-state index in [4.69, 9.17) is 5.11 Å². The number of ether oxygens (including phenoxy) is 1. The molecule has 0 aliphatic carbocycles. The third-order valence-electron chi connectivity index (χ3n) is 0.679. The normalized spacial score (nSPS) is 11.8. The van der Waals surface area contributed by atoms with Gasteiger partial charge in [0.25, 0.3) is 0 Å². The highest BCUT2D eigenvalue weighted by Gasteiger charge is 2.00. The van der Waals surface area contributed by atoms with Gasteiger partial charge in [-0.3, -0.25) is 0 Å². The van der Waals surface area contributed by atoms with Crippen molar-refractivity contribution in [2.45, 2.75) is 26.9 Å². The molecule has 10 heavy (non-hydrogen) atoms. The van der Waals surface area contributed by atoms with Crippen LogP contribution in [0.5, 0.6) is 0 Å². The Morgan fingerprint density at radius 3 is 2.40 bits per heavy atom. The molecule has 0 radical (unpaired) electrons. The molecule has 0 unspecified atom stereocenters. The van der Waals surface area contributed by atoms with Crippen LogP contribution in [0, 0.1) is 0 Å². The molecule has 0 saturated heterocycles. The van der Waals surface area contributed by atoms with Crippen LogP contribution in [0.1, 0.15) is 20.8 Å². The second kappa shape index (κ2) is 3.93. The minimum Gasteiger partial charge on any atom is -0.512 e. The fourth-order valence-electron chi connectivity index (χ4n) is 0.437. The van der Waals surface area contributed by atoms with E-state index >= 15 is 0 Å². The van der Waals surface area contributed by atoms with Gasteiger partial charge in [0.15, 0.2) is 0 Å². The molecule has 0 fully saturated rings. The second-order valence-corrected chi connectivity index (χ2v) is 2.27. The molecule has 0 amide bonds. The van der Waals surface area contributed by atoms with Crippen LogP contribution >= 0.6 is 0 Å². The van der Waals surface area contributed by atoms with Gasteiger partial charge in [-0.2, -0.15) is 0 Å². The number of esters is 1. The predicted octanol–water partition coefficient (Wildman–Crippen LogP) is 1.40. The summed E-state index contributed by atoms with van der Waals surface area (Å²) in [6.07, 6.45) is 0.906. The number of hydrogen-bond donors (Lipinski definition) is 1. The van der Waals surface area contributed by atoms with Gasteiger partial charge in [-0.05, 0) is 20.8 Å². The van der Waals surface area contributed by atoms with Crippen molar-refractivity contribution in [2.24, 2.45) is 0 Å². The zero-order valence-corrected chi connectivity index (χ0v) is 6.42. The van der Waals surface area contributed by atoms with Crippen molar-refractivity contribution >= 4 is 5.97 Å². The Labute approximate surface area is 60.3 Å². The fraction of sp³-hybridized carbons (Fsp3) is 0.571. The van der Waals surface area contributed by atoms with Crippen LogP contribution in [0.4, 0.5) is 0 Å². The third kappa shape index (κ3) is 5.15. The summed E-state index contributed by atoms with van der Waals surface area (Å²) >= 11 is 0. The Balaban J connectivity index is 3.76. The van der Waals surface area contributed by atoms with Gasteiger partial charge in [-0.1, -0.05) is 0 Å². The topological polar surface area (TPSA) is 46.5 Å². The molecular formula is C7H12O3. The van der Waals surface area contributed by atoms with E-state index < -0.39 is 5.97 Å². The minimum absolute atomic E-state index is 0.0364. The molecule has 0 saturated carbocycles. The maximum absolute atomic E-state index is 10.6. The van der Waals surface area contributed by atoms with Gasteiger partial charge in [-0.15, -0.1) is 0 Å². The van der Waals surface area contributed by atoms with Crippen LogP contribution in [0.15, 0.2) is 11.8 Å². The SMILES string of the molecule is CC(O)=CC(=O)OC(C)C. The third-order valence-corrected chi connectivity index (χ3v) is 0.679. The molecule has 0 aliphatic heterocycles. The van der Waals surface area contributed by atoms with Gasteiger partial charge in [0.05, 0.1) is 17.9 Å². The minimum atomic E-state index is -0.505. The Hall–Kier alpha value is -0.990. The number of aliphatic hydroxyl groups excluding tert-OH is 1. The molecule has 0 aromatic heterocycles. The fourth-order valence-corrected chi connectivity index (χ4v) is 0.437. The van der Waals surface area contributed by atoms with Crippen LogP contribution in [-0.2, 0) is 9.53 Å². The number of rotatable bonds is 2. The van der Waals surface area contributed by atoms with Gasteiger partial charge < -0.3 is 9.84 Å². The largest absolute Gasteiger partial charge is 0.512 e. The lowest BCUT2D eigenvalue weighted by atomic mass is 10.4. The summed E-state index contributed by atoms with van der Waals surface area (Å²) in [4.78, 5) is 10.6. The molecular weight excluding hydrogens is 132 g/mol. The molecule has 0 rings (SSSR count). The Bertz CT molecular complexity index is 143. The Morgan fingerprint density at radius 2 is 2.10 bits per heavy atom. The van der Waals surface area contributed by atoms with Gasteiger partial charge in [0.1, 0.15) is 0 Å². The second-order valence-electron chi connectivity index (χ2n) is 2.27. The van der Waals surface area contributed by atoms with Crippen molar-refractivity contribution in [3.05, 3.63) is 11.8 Å². The molecule has 0 bridgehead atoms. The summed E-state index contributed by atoms with van der Waals surface area (Å²) < 4.78 is 4.69. The van der Waals surface area contributed by atoms with E-state index in [2.05, 4.69) is 4.74 Å². The average Bonchev–Trinajstić information content (AvgIpc) is 1.58. The van der Waals surface area contributed by atoms with Crippen molar-refractivity contribution in [1.82, 2.24) is 0 Å². The van der Waals surface area contributed by atoms with Crippen molar-refractivity contribution in [2.75, 3.05) is 0 Å². The van der Waals surface area contributed by atoms with Gasteiger partial charge in [-0.25, -0.2) is 4.79 Å². The first-order valence-electron chi connectivity index (χ1n) is 3.10. The number of allylic oxidation sites excluding steroid dienone is 1. The van der Waals surface area contributed by atoms with Crippen molar-refractivity contribution < 1.29 is 14.6 Å². The van der Waals surface area contributed by atoms with Crippen LogP contribution in [0.25, 0.3) is 0 Å². The highest BCUT2D eigenvalue weighted by molar-refractivity contribution is 5.82. The van der Waals surface area contributed by atoms with Crippen LogP contribution in [0.3, 0.4) is 0 Å². The van der Waals surface area contributed by atoms with Crippen LogP contribution < -0.4 is 0 Å². The average molecular weight is 144 g/mol. The molecule has 0 aromatic rings. The molecule has 3 nitrogen and oxygen atoms in total. The van der Waals surface area contributed by atoms with E-state index in [1.165, 1.54) is 6.92 Å². The maximum atomic E-state index is 10.6. The maximum Gasteiger partial charge on any atom is 0.334 e. The number of carbonyl (C=O) groups is 1. The summed E-state index contributed by atoms with van der Waals surface area (Å²) in [5.41, 5.74) is 0. The van der Waals surface area contributed by atoms with Crippen LogP contribution in [0.2, 0.25) is 0 Å². The van der Waals surface area contributed by atoms with Crippen molar-refractivity contribution in [3.8, 4) is 0 Å². The summed E-state index contributed by atoms with van der Waals surface area (Å²) in [7, 11) is 0. The smallest absolute Gasteiger partial charge is 0.334 e. The lowest BCUT2D eigenvalue weighted by molar-refractivity contribution is -0.141. The van der Waals surface area contributed by atoms with E-state index in [9.17, 15) is 4.79 Å². The lowest BCUT2D eigenvalue weighted by Crippen LogP contribution is -2.08. The highest BCUT2D eigenvalue weighted by atomic mass is 16.5. The molecule has 0 aromatic carbocycles. The standard InChI is InChI=1S/C7H12O3/c1-5(2)10-7(9)4-6(3)8/h4-5,8H,1-3H3. The van der Waals surface area contributed by atoms with E-state index in [0.29, 0.717) is 0 Å². The quantitative estimate of drug-likeness (QED) is 0.362. The van der Waals surface area contributed by atoms with E-state index in [-0.39, 0.29) is 11.9 Å². The number of hydrogen-bond acceptors (Lipinski definition) is 3. The summed E-state index contributed by atoms with van der Waals surface area (Å²) in [5.74, 6) is -0.541. The van der Waals surface area contributed by atoms with Crippen molar-refractivity contribution in [1.29, 1.82) is 0 Å². The van der Waals surface area contributed by atoms with E-state index in [1.807, 2.05) is 0 Å². The first-order chi connectivity index (χ1) is 4.52. The molecule has 1 N–H and O–H groups in total. The van der Waals surface area contributed by atoms with Gasteiger partial charge in [0, 0.05) is 0 Å². The zero-order valence-electron chi connectivity index (χ0n) is 6.42. The molecule has 0 atom stereocenters. The molecule has 58 valence electrons. The lowest BCUT2D eigenvalue weighted by Gasteiger charge is -2.03. The highest BCUT2D eigenvalue weighted by Crippen LogP contribution is 1.92. The number of carbonyl (C=O) groups excluding carboxylic acids is 1. The molecule has 0 aliphatic rings. The summed E-state index contributed by atoms with van der Waals surface area (Å²) in [6, 6.07) is 0. The van der Waals surface area contributed by atoms with E-state index in [0.717, 1.165) is 6.08 Å². The Kier molecular flexibility index (Phi) is 3.54. The number of aliphatic hydroxyl groups is 1. The Morgan fingerprint density at radius 1 is 1.60 bits per heavy atom. The van der Waals surface area contributed by atoms with Gasteiger partial charge in [0.2, 0.25) is 0 Å². The van der Waals surface area contributed by atoms with Crippen molar-refractivity contribution in [3.63, 3.8) is 0 Å². The first kappa shape index (κ1) is 9.01. The first-order valence-corrected chi connectivity index (χ1v) is 3.10. The summed E-state index contributed by atoms with van der Waals surface area (Å²) in [5, 5.41) is 8.60. The zero-order chi connectivity index (χ0) is 8.15. The van der Waals surface area contributed by atoms with E-state index in [1.54, 1.807) is 13.8 Å².